The molecule has 4 rings (SSSR count). The molecule has 2 aromatic carbocycles. The Balaban J connectivity index is 1.60. The monoisotopic (exact) mass is 429 g/mol. The van der Waals surface area contributed by atoms with Gasteiger partial charge in [-0.05, 0) is 39.8 Å². The van der Waals surface area contributed by atoms with Crippen molar-refractivity contribution in [3.05, 3.63) is 88.2 Å². The van der Waals surface area contributed by atoms with E-state index in [2.05, 4.69) is 20.4 Å². The lowest BCUT2D eigenvalue weighted by Gasteiger charge is -2.17. The fourth-order valence-corrected chi connectivity index (χ4v) is 3.61. The first-order valence-corrected chi connectivity index (χ1v) is 10.7. The van der Waals surface area contributed by atoms with E-state index < -0.39 is 0 Å². The van der Waals surface area contributed by atoms with Gasteiger partial charge in [0.25, 0.3) is 5.56 Å². The van der Waals surface area contributed by atoms with E-state index in [4.69, 9.17) is 4.74 Å². The summed E-state index contributed by atoms with van der Waals surface area (Å²) >= 11 is 0. The van der Waals surface area contributed by atoms with E-state index in [1.807, 2.05) is 82.3 Å². The topological polar surface area (TPSA) is 81.9 Å². The maximum Gasteiger partial charge on any atom is 0.275 e. The third kappa shape index (κ3) is 4.61. The van der Waals surface area contributed by atoms with Gasteiger partial charge in [-0.25, -0.2) is 14.6 Å². The summed E-state index contributed by atoms with van der Waals surface area (Å²) in [5.41, 5.74) is 1.62. The van der Waals surface area contributed by atoms with Crippen LogP contribution in [-0.4, -0.2) is 25.9 Å². The normalized spacial score (nSPS) is 12.2. The fourth-order valence-electron chi connectivity index (χ4n) is 3.61. The zero-order chi connectivity index (χ0) is 22.7. The lowest BCUT2D eigenvalue weighted by Crippen LogP contribution is -2.27. The predicted molar refractivity (Wildman–Crippen MR) is 126 cm³/mol. The highest BCUT2D eigenvalue weighted by Gasteiger charge is 2.16. The summed E-state index contributed by atoms with van der Waals surface area (Å²) in [7, 11) is 0. The van der Waals surface area contributed by atoms with Gasteiger partial charge in [-0.3, -0.25) is 4.79 Å². The van der Waals surface area contributed by atoms with Crippen molar-refractivity contribution in [1.29, 1.82) is 0 Å². The van der Waals surface area contributed by atoms with Crippen molar-refractivity contribution in [2.75, 3.05) is 5.32 Å². The number of hydrogen-bond acceptors (Lipinski definition) is 6. The molecule has 1 N–H and O–H groups in total. The van der Waals surface area contributed by atoms with Crippen LogP contribution < -0.4 is 15.6 Å². The molecule has 0 fully saturated rings. The molecule has 0 bridgehead atoms. The van der Waals surface area contributed by atoms with E-state index >= 15 is 0 Å². The number of nitrogens with zero attached hydrogens (tertiary/aromatic N) is 4. The van der Waals surface area contributed by atoms with Crippen LogP contribution in [-0.2, 0) is 6.54 Å². The molecule has 0 amide bonds. The molecular formula is C25H27N5O2. The molecule has 0 saturated carbocycles. The quantitative estimate of drug-likeness (QED) is 0.466. The van der Waals surface area contributed by atoms with Crippen molar-refractivity contribution >= 4 is 16.6 Å². The average molecular weight is 430 g/mol. The van der Waals surface area contributed by atoms with Gasteiger partial charge in [0, 0.05) is 23.6 Å². The number of rotatable bonds is 7. The summed E-state index contributed by atoms with van der Waals surface area (Å²) in [5.74, 6) is 2.16. The highest BCUT2D eigenvalue weighted by atomic mass is 16.5. The molecule has 2 heterocycles. The van der Waals surface area contributed by atoms with Crippen LogP contribution in [0.4, 0.5) is 5.82 Å². The smallest absolute Gasteiger partial charge is 0.275 e. The van der Waals surface area contributed by atoms with Gasteiger partial charge in [0.1, 0.15) is 17.4 Å². The molecule has 0 unspecified atom stereocenters. The van der Waals surface area contributed by atoms with E-state index in [9.17, 15) is 4.79 Å². The van der Waals surface area contributed by atoms with Gasteiger partial charge in [-0.1, -0.05) is 36.4 Å². The Morgan fingerprint density at radius 1 is 1.03 bits per heavy atom. The van der Waals surface area contributed by atoms with Gasteiger partial charge in [0.15, 0.2) is 0 Å². The second kappa shape index (κ2) is 9.18. The average Bonchev–Trinajstić information content (AvgIpc) is 2.78. The largest absolute Gasteiger partial charge is 0.491 e. The highest BCUT2D eigenvalue weighted by Crippen LogP contribution is 2.22. The summed E-state index contributed by atoms with van der Waals surface area (Å²) in [4.78, 5) is 22.1. The number of para-hydroxylation sites is 1. The molecule has 164 valence electrons. The van der Waals surface area contributed by atoms with Crippen LogP contribution >= 0.6 is 0 Å². The molecule has 2 aromatic heterocycles. The van der Waals surface area contributed by atoms with E-state index in [0.29, 0.717) is 23.6 Å². The van der Waals surface area contributed by atoms with Gasteiger partial charge in [-0.2, -0.15) is 5.10 Å². The van der Waals surface area contributed by atoms with Gasteiger partial charge in [0.05, 0.1) is 29.4 Å². The van der Waals surface area contributed by atoms with Crippen LogP contribution in [0.5, 0.6) is 5.75 Å². The first-order valence-electron chi connectivity index (χ1n) is 10.7. The molecule has 7 nitrogen and oxygen atoms in total. The summed E-state index contributed by atoms with van der Waals surface area (Å²) in [6.45, 7) is 8.33. The summed E-state index contributed by atoms with van der Waals surface area (Å²) in [6.07, 6.45) is 1.81. The number of ether oxygens (including phenoxy) is 1. The first-order chi connectivity index (χ1) is 15.4. The molecule has 0 aliphatic heterocycles. The first kappa shape index (κ1) is 21.5. The lowest BCUT2D eigenvalue weighted by molar-refractivity contribution is 0.240. The number of aromatic nitrogens is 4. The van der Waals surface area contributed by atoms with Crippen LogP contribution in [0, 0.1) is 6.92 Å². The van der Waals surface area contributed by atoms with Crippen molar-refractivity contribution in [1.82, 2.24) is 19.7 Å². The Morgan fingerprint density at radius 2 is 1.78 bits per heavy atom. The second-order valence-electron chi connectivity index (χ2n) is 8.01. The van der Waals surface area contributed by atoms with Gasteiger partial charge in [0.2, 0.25) is 0 Å². The van der Waals surface area contributed by atoms with Crippen LogP contribution in [0.25, 0.3) is 10.8 Å². The highest BCUT2D eigenvalue weighted by molar-refractivity contribution is 5.80. The van der Waals surface area contributed by atoms with Crippen molar-refractivity contribution in [3.63, 3.8) is 0 Å². The van der Waals surface area contributed by atoms with Crippen molar-refractivity contribution in [2.45, 2.75) is 46.4 Å². The number of hydrogen-bond donors (Lipinski definition) is 1. The molecule has 0 spiro atoms. The molecule has 4 aromatic rings. The Kier molecular flexibility index (Phi) is 6.16. The van der Waals surface area contributed by atoms with Crippen molar-refractivity contribution < 1.29 is 4.74 Å². The van der Waals surface area contributed by atoms with Crippen molar-refractivity contribution in [2.24, 2.45) is 0 Å². The molecule has 32 heavy (non-hydrogen) atoms. The molecule has 0 saturated heterocycles. The summed E-state index contributed by atoms with van der Waals surface area (Å²) < 4.78 is 7.38. The molecule has 0 aliphatic rings. The SMILES string of the molecule is Cc1nc(NCc2ccccc2OC(C)C)cc([C@@H](C)n2ncc3ccccc3c2=O)n1. The van der Waals surface area contributed by atoms with Crippen LogP contribution in [0.3, 0.4) is 0 Å². The zero-order valence-electron chi connectivity index (χ0n) is 18.7. The number of fused-ring (bicyclic) bond motifs is 1. The van der Waals surface area contributed by atoms with E-state index in [1.165, 1.54) is 4.68 Å². The van der Waals surface area contributed by atoms with Gasteiger partial charge in [-0.15, -0.1) is 0 Å². The minimum atomic E-state index is -0.342. The number of benzene rings is 2. The summed E-state index contributed by atoms with van der Waals surface area (Å²) in [6, 6.07) is 16.9. The second-order valence-corrected chi connectivity index (χ2v) is 8.01. The molecular weight excluding hydrogens is 402 g/mol. The third-order valence-electron chi connectivity index (χ3n) is 5.17. The number of aryl methyl sites for hydroxylation is 1. The van der Waals surface area contributed by atoms with Crippen LogP contribution in [0.2, 0.25) is 0 Å². The fraction of sp³-hybridized carbons (Fsp3) is 0.280. The minimum absolute atomic E-state index is 0.0951. The maximum atomic E-state index is 13.0. The van der Waals surface area contributed by atoms with Crippen LogP contribution in [0.15, 0.2) is 65.6 Å². The standard InChI is InChI=1S/C25H27N5O2/c1-16(2)32-23-12-8-6-10-20(23)14-26-24-13-22(28-18(4)29-24)17(3)30-25(31)21-11-7-5-9-19(21)15-27-30/h5-13,15-17H,14H2,1-4H3,(H,26,28,29)/t17-/m1/s1. The Labute approximate surface area is 187 Å². The third-order valence-corrected chi connectivity index (χ3v) is 5.17. The molecule has 7 heteroatoms. The lowest BCUT2D eigenvalue weighted by atomic mass is 10.1. The maximum absolute atomic E-state index is 13.0. The predicted octanol–water partition coefficient (Wildman–Crippen LogP) is 4.50. The van der Waals surface area contributed by atoms with E-state index in [-0.39, 0.29) is 17.7 Å². The number of anilines is 1. The Morgan fingerprint density at radius 3 is 2.59 bits per heavy atom. The van der Waals surface area contributed by atoms with E-state index in [0.717, 1.165) is 22.4 Å². The summed E-state index contributed by atoms with van der Waals surface area (Å²) in [5, 5.41) is 9.21. The van der Waals surface area contributed by atoms with Gasteiger partial charge >= 0.3 is 0 Å². The zero-order valence-corrected chi connectivity index (χ0v) is 18.7. The Hall–Kier alpha value is -3.74. The van der Waals surface area contributed by atoms with Crippen LogP contribution in [0.1, 0.15) is 43.9 Å². The Bertz CT molecular complexity index is 1300. The van der Waals surface area contributed by atoms with Crippen molar-refractivity contribution in [3.8, 4) is 5.75 Å². The molecule has 1 atom stereocenters. The molecule has 0 radical (unpaired) electrons. The minimum Gasteiger partial charge on any atom is -0.491 e. The molecule has 0 aliphatic carbocycles. The van der Waals surface area contributed by atoms with Gasteiger partial charge < -0.3 is 10.1 Å². The van der Waals surface area contributed by atoms with E-state index in [1.54, 1.807) is 6.20 Å². The number of nitrogens with one attached hydrogen (secondary N) is 1.